The number of benzene rings is 2. The molecule has 0 aliphatic heterocycles. The number of imidazole rings is 1. The zero-order chi connectivity index (χ0) is 30.5. The predicted octanol–water partition coefficient (Wildman–Crippen LogP) is 12.1. The number of nitrogens with zero attached hydrogens (tertiary/aromatic N) is 1. The standard InChI is InChI=1S/C41H56N2O.H2/c1-29-12-11-17-35(24-29)38-39(36-21-20-34-27-37(44-4)23-22-33(34)26-36)43-40(42-38)41(2,3)28-32(25-31-15-9-6-10-16-31)19-18-30-13-7-5-8-14-30;/h11,17,20-24,26-27,29-32H,5-10,12-16,18-19,25,28H2,1-4H3,(H,42,43);1H. The molecule has 0 saturated heterocycles. The van der Waals surface area contributed by atoms with E-state index in [-0.39, 0.29) is 6.84 Å². The molecule has 3 aliphatic rings. The van der Waals surface area contributed by atoms with Crippen LogP contribution < -0.4 is 4.74 Å². The van der Waals surface area contributed by atoms with Crippen LogP contribution in [0, 0.1) is 23.7 Å². The lowest BCUT2D eigenvalue weighted by atomic mass is 9.73. The van der Waals surface area contributed by atoms with Crippen LogP contribution in [0.25, 0.3) is 27.6 Å². The van der Waals surface area contributed by atoms with Gasteiger partial charge >= 0.3 is 0 Å². The van der Waals surface area contributed by atoms with Crippen LogP contribution in [0.4, 0.5) is 0 Å². The van der Waals surface area contributed by atoms with E-state index in [1.165, 1.54) is 117 Å². The molecule has 1 aromatic heterocycles. The highest BCUT2D eigenvalue weighted by Gasteiger charge is 2.32. The quantitative estimate of drug-likeness (QED) is 0.240. The lowest BCUT2D eigenvalue weighted by Crippen LogP contribution is -2.26. The molecule has 3 aliphatic carbocycles. The van der Waals surface area contributed by atoms with E-state index in [4.69, 9.17) is 9.72 Å². The van der Waals surface area contributed by atoms with Gasteiger partial charge in [-0.3, -0.25) is 0 Å². The minimum Gasteiger partial charge on any atom is -0.497 e. The molecule has 2 atom stereocenters. The predicted molar refractivity (Wildman–Crippen MR) is 189 cm³/mol. The van der Waals surface area contributed by atoms with E-state index in [1.54, 1.807) is 7.11 Å². The Balaban J connectivity index is 0.00000400. The number of methoxy groups -OCH3 is 1. The van der Waals surface area contributed by atoms with E-state index < -0.39 is 0 Å². The van der Waals surface area contributed by atoms with Crippen LogP contribution in [-0.4, -0.2) is 17.1 Å². The second kappa shape index (κ2) is 14.1. The maximum absolute atomic E-state index is 5.49. The first-order valence-electron chi connectivity index (χ1n) is 18.0. The lowest BCUT2D eigenvalue weighted by Gasteiger charge is -2.33. The average Bonchev–Trinajstić information content (AvgIpc) is 3.51. The zero-order valence-electron chi connectivity index (χ0n) is 28.0. The Hall–Kier alpha value is -2.81. The normalized spacial score (nSPS) is 21.0. The van der Waals surface area contributed by atoms with Crippen molar-refractivity contribution in [1.29, 1.82) is 0 Å². The van der Waals surface area contributed by atoms with Crippen molar-refractivity contribution in [2.24, 2.45) is 23.7 Å². The highest BCUT2D eigenvalue weighted by atomic mass is 16.5. The second-order valence-corrected chi connectivity index (χ2v) is 15.2. The summed E-state index contributed by atoms with van der Waals surface area (Å²) in [7, 11) is 1.73. The number of fused-ring (bicyclic) bond motifs is 1. The molecule has 2 aromatic carbocycles. The number of rotatable bonds is 11. The third kappa shape index (κ3) is 7.52. The van der Waals surface area contributed by atoms with Crippen molar-refractivity contribution < 1.29 is 6.16 Å². The zero-order valence-corrected chi connectivity index (χ0v) is 28.0. The molecule has 1 heterocycles. The van der Waals surface area contributed by atoms with Gasteiger partial charge in [0, 0.05) is 12.4 Å². The molecule has 0 bridgehead atoms. The lowest BCUT2D eigenvalue weighted by molar-refractivity contribution is 0.218. The summed E-state index contributed by atoms with van der Waals surface area (Å²) in [6.07, 6.45) is 28.1. The largest absolute Gasteiger partial charge is 0.497 e. The third-order valence-electron chi connectivity index (χ3n) is 11.1. The minimum atomic E-state index is -0.0202. The Kier molecular flexibility index (Phi) is 9.99. The fourth-order valence-corrected chi connectivity index (χ4v) is 8.58. The van der Waals surface area contributed by atoms with Crippen LogP contribution in [0.5, 0.6) is 5.75 Å². The number of aromatic amines is 1. The molecule has 2 unspecified atom stereocenters. The van der Waals surface area contributed by atoms with Gasteiger partial charge < -0.3 is 9.72 Å². The molecule has 3 heteroatoms. The van der Waals surface area contributed by atoms with Gasteiger partial charge in [-0.2, -0.15) is 0 Å². The third-order valence-corrected chi connectivity index (χ3v) is 11.1. The highest BCUT2D eigenvalue weighted by molar-refractivity contribution is 5.90. The molecular formula is C41H58N2O. The Labute approximate surface area is 268 Å². The molecular weight excluding hydrogens is 536 g/mol. The first kappa shape index (κ1) is 31.2. The molecule has 3 nitrogen and oxygen atoms in total. The van der Waals surface area contributed by atoms with Gasteiger partial charge in [0.1, 0.15) is 11.6 Å². The van der Waals surface area contributed by atoms with Crippen molar-refractivity contribution in [2.75, 3.05) is 7.11 Å². The number of aromatic nitrogens is 2. The smallest absolute Gasteiger partial charge is 0.119 e. The molecule has 2 fully saturated rings. The van der Waals surface area contributed by atoms with Crippen LogP contribution >= 0.6 is 0 Å². The van der Waals surface area contributed by atoms with Gasteiger partial charge in [-0.25, -0.2) is 4.98 Å². The van der Waals surface area contributed by atoms with E-state index in [0.29, 0.717) is 5.92 Å². The fourth-order valence-electron chi connectivity index (χ4n) is 8.58. The summed E-state index contributed by atoms with van der Waals surface area (Å²) in [4.78, 5) is 9.43. The van der Waals surface area contributed by atoms with Crippen molar-refractivity contribution in [1.82, 2.24) is 9.97 Å². The summed E-state index contributed by atoms with van der Waals surface area (Å²) in [6, 6.07) is 13.1. The Morgan fingerprint density at radius 3 is 2.36 bits per heavy atom. The summed E-state index contributed by atoms with van der Waals surface area (Å²) in [5, 5.41) is 2.41. The summed E-state index contributed by atoms with van der Waals surface area (Å²) < 4.78 is 5.49. The van der Waals surface area contributed by atoms with Gasteiger partial charge in [0.25, 0.3) is 0 Å². The molecule has 238 valence electrons. The highest BCUT2D eigenvalue weighted by Crippen LogP contribution is 2.41. The summed E-state index contributed by atoms with van der Waals surface area (Å²) in [5.74, 6) is 5.24. The summed E-state index contributed by atoms with van der Waals surface area (Å²) in [6.45, 7) is 7.22. The first-order valence-corrected chi connectivity index (χ1v) is 18.0. The number of nitrogens with one attached hydrogen (secondary N) is 1. The number of ether oxygens (including phenoxy) is 1. The molecule has 0 spiro atoms. The maximum Gasteiger partial charge on any atom is 0.119 e. The van der Waals surface area contributed by atoms with Crippen LogP contribution in [0.1, 0.15) is 130 Å². The van der Waals surface area contributed by atoms with Crippen LogP contribution in [0.15, 0.2) is 54.6 Å². The van der Waals surface area contributed by atoms with Crippen molar-refractivity contribution in [2.45, 2.75) is 122 Å². The molecule has 0 radical (unpaired) electrons. The SMILES string of the molecule is COc1ccc2cc(-c3nc(C(C)(C)CC(CCC4CCCCC4)CC4CCCCC4)[nH]c3C3=CC(C)CC=C3)ccc2c1.[HH]. The Morgan fingerprint density at radius 2 is 1.64 bits per heavy atom. The molecule has 1 N–H and O–H groups in total. The minimum absolute atomic E-state index is 0. The Morgan fingerprint density at radius 1 is 0.932 bits per heavy atom. The number of H-pyrrole nitrogens is 1. The molecule has 0 amide bonds. The van der Waals surface area contributed by atoms with E-state index in [1.807, 2.05) is 0 Å². The number of hydrogen-bond donors (Lipinski definition) is 1. The van der Waals surface area contributed by atoms with Crippen LogP contribution in [-0.2, 0) is 5.41 Å². The molecule has 44 heavy (non-hydrogen) atoms. The van der Waals surface area contributed by atoms with Gasteiger partial charge in [-0.15, -0.1) is 0 Å². The monoisotopic (exact) mass is 594 g/mol. The summed E-state index contributed by atoms with van der Waals surface area (Å²) >= 11 is 0. The first-order chi connectivity index (χ1) is 21.4. The number of hydrogen-bond acceptors (Lipinski definition) is 2. The van der Waals surface area contributed by atoms with Crippen LogP contribution in [0.2, 0.25) is 0 Å². The van der Waals surface area contributed by atoms with E-state index in [0.717, 1.165) is 41.4 Å². The van der Waals surface area contributed by atoms with Crippen molar-refractivity contribution in [3.63, 3.8) is 0 Å². The van der Waals surface area contributed by atoms with Gasteiger partial charge in [-0.05, 0) is 77.5 Å². The van der Waals surface area contributed by atoms with E-state index in [9.17, 15) is 0 Å². The maximum atomic E-state index is 5.49. The van der Waals surface area contributed by atoms with Gasteiger partial charge in [-0.1, -0.05) is 134 Å². The average molecular weight is 595 g/mol. The number of allylic oxidation sites excluding steroid dienone is 4. The van der Waals surface area contributed by atoms with E-state index in [2.05, 4.69) is 80.4 Å². The molecule has 2 saturated carbocycles. The Bertz CT molecular complexity index is 1450. The second-order valence-electron chi connectivity index (χ2n) is 15.2. The van der Waals surface area contributed by atoms with Gasteiger partial charge in [0.05, 0.1) is 18.5 Å². The van der Waals surface area contributed by atoms with Crippen molar-refractivity contribution >= 4 is 16.3 Å². The van der Waals surface area contributed by atoms with Gasteiger partial charge in [0.2, 0.25) is 0 Å². The fraction of sp³-hybridized carbons (Fsp3) is 0.585. The van der Waals surface area contributed by atoms with Crippen molar-refractivity contribution in [3.8, 4) is 17.0 Å². The van der Waals surface area contributed by atoms with Crippen LogP contribution in [0.3, 0.4) is 0 Å². The molecule has 3 aromatic rings. The summed E-state index contributed by atoms with van der Waals surface area (Å²) in [5.41, 5.74) is 4.70. The molecule has 6 rings (SSSR count). The van der Waals surface area contributed by atoms with E-state index >= 15 is 0 Å². The topological polar surface area (TPSA) is 37.9 Å². The van der Waals surface area contributed by atoms with Crippen molar-refractivity contribution in [3.05, 3.63) is 66.1 Å². The van der Waals surface area contributed by atoms with Gasteiger partial charge in [0.15, 0.2) is 0 Å².